The summed E-state index contributed by atoms with van der Waals surface area (Å²) < 4.78 is 4.72. The first kappa shape index (κ1) is 9.26. The van der Waals surface area contributed by atoms with Crippen molar-refractivity contribution in [3.05, 3.63) is 12.2 Å². The lowest BCUT2D eigenvalue weighted by atomic mass is 9.79. The summed E-state index contributed by atoms with van der Waals surface area (Å²) in [6.07, 6.45) is 0.853. The fourth-order valence-corrected chi connectivity index (χ4v) is 1.42. The minimum Gasteiger partial charge on any atom is -0.468 e. The summed E-state index contributed by atoms with van der Waals surface area (Å²) in [5.41, 5.74) is 0.445. The molecule has 1 atom stereocenters. The van der Waals surface area contributed by atoms with Crippen LogP contribution in [0.25, 0.3) is 0 Å². The molecule has 0 bridgehead atoms. The highest BCUT2D eigenvalue weighted by molar-refractivity contribution is 5.80. The molecule has 68 valence electrons. The van der Waals surface area contributed by atoms with Crippen LogP contribution < -0.4 is 5.32 Å². The zero-order chi connectivity index (χ0) is 9.19. The Morgan fingerprint density at radius 1 is 1.75 bits per heavy atom. The lowest BCUT2D eigenvalue weighted by molar-refractivity contribution is -0.149. The van der Waals surface area contributed by atoms with Gasteiger partial charge in [0.15, 0.2) is 0 Å². The van der Waals surface area contributed by atoms with Gasteiger partial charge in [-0.15, -0.1) is 0 Å². The van der Waals surface area contributed by atoms with Crippen molar-refractivity contribution in [2.75, 3.05) is 20.2 Å². The molecule has 1 heterocycles. The smallest absolute Gasteiger partial charge is 0.316 e. The van der Waals surface area contributed by atoms with E-state index in [1.165, 1.54) is 7.11 Å². The minimum atomic E-state index is -0.521. The second kappa shape index (κ2) is 3.27. The fraction of sp³-hybridized carbons (Fsp3) is 0.667. The Morgan fingerprint density at radius 3 is 2.92 bits per heavy atom. The highest BCUT2D eigenvalue weighted by Crippen LogP contribution is 2.31. The Kier molecular flexibility index (Phi) is 2.52. The Bertz CT molecular complexity index is 203. The van der Waals surface area contributed by atoms with E-state index in [1.54, 1.807) is 0 Å². The van der Waals surface area contributed by atoms with E-state index in [9.17, 15) is 4.79 Å². The Morgan fingerprint density at radius 2 is 2.42 bits per heavy atom. The average Bonchev–Trinajstić information content (AvgIpc) is 2.09. The SMILES string of the molecule is C=C1CCNC[C@@]1(C)C(=O)OC. The lowest BCUT2D eigenvalue weighted by Gasteiger charge is -2.33. The first-order valence-electron chi connectivity index (χ1n) is 4.08. The van der Waals surface area contributed by atoms with Gasteiger partial charge in [0.1, 0.15) is 0 Å². The first-order chi connectivity index (χ1) is 5.61. The van der Waals surface area contributed by atoms with Crippen LogP contribution in [0.1, 0.15) is 13.3 Å². The van der Waals surface area contributed by atoms with Crippen molar-refractivity contribution in [1.82, 2.24) is 5.32 Å². The van der Waals surface area contributed by atoms with Crippen molar-refractivity contribution in [3.63, 3.8) is 0 Å². The topological polar surface area (TPSA) is 38.3 Å². The van der Waals surface area contributed by atoms with Crippen LogP contribution in [-0.4, -0.2) is 26.2 Å². The number of methoxy groups -OCH3 is 1. The lowest BCUT2D eigenvalue weighted by Crippen LogP contribution is -2.45. The Balaban J connectivity index is 2.79. The quantitative estimate of drug-likeness (QED) is 0.464. The molecule has 1 saturated heterocycles. The summed E-state index contributed by atoms with van der Waals surface area (Å²) in [6.45, 7) is 7.31. The number of rotatable bonds is 1. The van der Waals surface area contributed by atoms with Gasteiger partial charge in [-0.1, -0.05) is 12.2 Å². The number of hydrogen-bond acceptors (Lipinski definition) is 3. The van der Waals surface area contributed by atoms with Crippen molar-refractivity contribution in [3.8, 4) is 0 Å². The molecule has 0 aliphatic carbocycles. The molecule has 0 aromatic rings. The Hall–Kier alpha value is -0.830. The maximum absolute atomic E-state index is 11.4. The predicted octanol–water partition coefficient (Wildman–Crippen LogP) is 0.715. The summed E-state index contributed by atoms with van der Waals surface area (Å²) in [7, 11) is 1.41. The van der Waals surface area contributed by atoms with Gasteiger partial charge < -0.3 is 10.1 Å². The molecule has 3 heteroatoms. The zero-order valence-electron chi connectivity index (χ0n) is 7.64. The summed E-state index contributed by atoms with van der Waals surface area (Å²) in [6, 6.07) is 0. The number of hydrogen-bond donors (Lipinski definition) is 1. The molecule has 1 rings (SSSR count). The molecule has 0 aromatic heterocycles. The average molecular weight is 169 g/mol. The third-order valence-corrected chi connectivity index (χ3v) is 2.50. The van der Waals surface area contributed by atoms with E-state index in [1.807, 2.05) is 6.92 Å². The highest BCUT2D eigenvalue weighted by Gasteiger charge is 2.38. The first-order valence-corrected chi connectivity index (χ1v) is 4.08. The van der Waals surface area contributed by atoms with Gasteiger partial charge in [-0.05, 0) is 19.9 Å². The molecular formula is C9H15NO2. The van der Waals surface area contributed by atoms with E-state index >= 15 is 0 Å². The zero-order valence-corrected chi connectivity index (χ0v) is 7.64. The third kappa shape index (κ3) is 1.37. The van der Waals surface area contributed by atoms with Gasteiger partial charge in [0.05, 0.1) is 12.5 Å². The summed E-state index contributed by atoms with van der Waals surface area (Å²) in [5, 5.41) is 3.16. The van der Waals surface area contributed by atoms with E-state index in [0.29, 0.717) is 6.54 Å². The summed E-state index contributed by atoms with van der Waals surface area (Å²) >= 11 is 0. The van der Waals surface area contributed by atoms with Crippen molar-refractivity contribution >= 4 is 5.97 Å². The van der Waals surface area contributed by atoms with Gasteiger partial charge >= 0.3 is 5.97 Å². The molecule has 0 aromatic carbocycles. The highest BCUT2D eigenvalue weighted by atomic mass is 16.5. The third-order valence-electron chi connectivity index (χ3n) is 2.50. The summed E-state index contributed by atoms with van der Waals surface area (Å²) in [4.78, 5) is 11.4. The molecule has 12 heavy (non-hydrogen) atoms. The van der Waals surface area contributed by atoms with Crippen LogP contribution in [0.5, 0.6) is 0 Å². The number of nitrogens with one attached hydrogen (secondary N) is 1. The van der Waals surface area contributed by atoms with Gasteiger partial charge in [0.25, 0.3) is 0 Å². The molecule has 1 fully saturated rings. The van der Waals surface area contributed by atoms with E-state index in [0.717, 1.165) is 18.5 Å². The van der Waals surface area contributed by atoms with Gasteiger partial charge in [0, 0.05) is 6.54 Å². The number of carbonyl (C=O) groups is 1. The van der Waals surface area contributed by atoms with Crippen molar-refractivity contribution < 1.29 is 9.53 Å². The van der Waals surface area contributed by atoms with Crippen LogP contribution >= 0.6 is 0 Å². The molecule has 1 N–H and O–H groups in total. The van der Waals surface area contributed by atoms with Gasteiger partial charge in [0.2, 0.25) is 0 Å². The molecule has 0 amide bonds. The van der Waals surface area contributed by atoms with Crippen LogP contribution in [0.15, 0.2) is 12.2 Å². The van der Waals surface area contributed by atoms with Crippen molar-refractivity contribution in [1.29, 1.82) is 0 Å². The molecule has 0 radical (unpaired) electrons. The van der Waals surface area contributed by atoms with E-state index in [-0.39, 0.29) is 5.97 Å². The van der Waals surface area contributed by atoms with Gasteiger partial charge in [-0.2, -0.15) is 0 Å². The van der Waals surface area contributed by atoms with Crippen molar-refractivity contribution in [2.45, 2.75) is 13.3 Å². The molecule has 3 nitrogen and oxygen atoms in total. The van der Waals surface area contributed by atoms with Gasteiger partial charge in [-0.25, -0.2) is 0 Å². The maximum atomic E-state index is 11.4. The van der Waals surface area contributed by atoms with Crippen molar-refractivity contribution in [2.24, 2.45) is 5.41 Å². The molecule has 1 aliphatic heterocycles. The summed E-state index contributed by atoms with van der Waals surface area (Å²) in [5.74, 6) is -0.195. The molecule has 0 saturated carbocycles. The fourth-order valence-electron chi connectivity index (χ4n) is 1.42. The largest absolute Gasteiger partial charge is 0.468 e. The molecule has 1 aliphatic rings. The van der Waals surface area contributed by atoms with Crippen LogP contribution in [0, 0.1) is 5.41 Å². The molecule has 0 spiro atoms. The van der Waals surface area contributed by atoms with E-state index in [4.69, 9.17) is 4.74 Å². The van der Waals surface area contributed by atoms with Gasteiger partial charge in [-0.3, -0.25) is 4.79 Å². The second-order valence-electron chi connectivity index (χ2n) is 3.35. The normalized spacial score (nSPS) is 30.0. The van der Waals surface area contributed by atoms with Crippen LogP contribution in [0.3, 0.4) is 0 Å². The number of esters is 1. The van der Waals surface area contributed by atoms with Crippen LogP contribution in [-0.2, 0) is 9.53 Å². The van der Waals surface area contributed by atoms with Crippen LogP contribution in [0.4, 0.5) is 0 Å². The number of ether oxygens (including phenoxy) is 1. The maximum Gasteiger partial charge on any atom is 0.316 e. The molecular weight excluding hydrogens is 154 g/mol. The number of carbonyl (C=O) groups excluding carboxylic acids is 1. The van der Waals surface area contributed by atoms with E-state index < -0.39 is 5.41 Å². The second-order valence-corrected chi connectivity index (χ2v) is 3.35. The minimum absolute atomic E-state index is 0.195. The Labute approximate surface area is 72.8 Å². The monoisotopic (exact) mass is 169 g/mol. The number of piperidine rings is 1. The standard InChI is InChI=1S/C9H15NO2/c1-7-4-5-10-6-9(7,2)8(11)12-3/h10H,1,4-6H2,2-3H3/t9-/m1/s1. The predicted molar refractivity (Wildman–Crippen MR) is 46.7 cm³/mol. The van der Waals surface area contributed by atoms with E-state index in [2.05, 4.69) is 11.9 Å². The van der Waals surface area contributed by atoms with Crippen LogP contribution in [0.2, 0.25) is 0 Å². The molecule has 0 unspecified atom stereocenters.